The van der Waals surface area contributed by atoms with Crippen LogP contribution < -0.4 is 0 Å². The van der Waals surface area contributed by atoms with Crippen LogP contribution in [0.5, 0.6) is 11.5 Å². The van der Waals surface area contributed by atoms with E-state index in [4.69, 9.17) is 4.98 Å². The molecule has 5 aromatic rings. The lowest BCUT2D eigenvalue weighted by atomic mass is 9.89. The van der Waals surface area contributed by atoms with Crippen molar-refractivity contribution in [1.82, 2.24) is 9.97 Å². The third-order valence-corrected chi connectivity index (χ3v) is 5.12. The Morgan fingerprint density at radius 3 is 1.83 bits per heavy atom. The molecule has 0 aliphatic rings. The van der Waals surface area contributed by atoms with Gasteiger partial charge in [-0.3, -0.25) is 4.98 Å². The molecular formula is C26H18N2O2. The molecule has 0 atom stereocenters. The minimum absolute atomic E-state index is 0.216. The maximum atomic E-state index is 9.78. The van der Waals surface area contributed by atoms with E-state index in [1.54, 1.807) is 30.5 Å². The van der Waals surface area contributed by atoms with Gasteiger partial charge in [-0.2, -0.15) is 0 Å². The van der Waals surface area contributed by atoms with Crippen molar-refractivity contribution in [2.45, 2.75) is 0 Å². The zero-order valence-corrected chi connectivity index (χ0v) is 16.0. The number of rotatable bonds is 3. The molecular weight excluding hydrogens is 372 g/mol. The minimum Gasteiger partial charge on any atom is -0.508 e. The van der Waals surface area contributed by atoms with Gasteiger partial charge in [0.1, 0.15) is 11.5 Å². The SMILES string of the molecule is Oc1ccc(-c2cccc(-c3cnc4ccccc4n3)c2-c2ccc(O)cc2)cc1. The lowest BCUT2D eigenvalue weighted by Crippen LogP contribution is -1.94. The summed E-state index contributed by atoms with van der Waals surface area (Å²) < 4.78 is 0. The van der Waals surface area contributed by atoms with Gasteiger partial charge in [0.05, 0.1) is 22.9 Å². The fourth-order valence-corrected chi connectivity index (χ4v) is 3.67. The normalized spacial score (nSPS) is 10.9. The molecule has 144 valence electrons. The van der Waals surface area contributed by atoms with Crippen LogP contribution in [0, 0.1) is 0 Å². The number of phenols is 2. The van der Waals surface area contributed by atoms with Crippen LogP contribution in [0.2, 0.25) is 0 Å². The first kappa shape index (κ1) is 17.9. The smallest absolute Gasteiger partial charge is 0.115 e. The molecule has 4 nitrogen and oxygen atoms in total. The summed E-state index contributed by atoms with van der Waals surface area (Å²) in [7, 11) is 0. The van der Waals surface area contributed by atoms with Crippen LogP contribution in [-0.2, 0) is 0 Å². The molecule has 0 aliphatic carbocycles. The number of fused-ring (bicyclic) bond motifs is 1. The fraction of sp³-hybridized carbons (Fsp3) is 0. The molecule has 4 heteroatoms. The zero-order valence-electron chi connectivity index (χ0n) is 16.0. The summed E-state index contributed by atoms with van der Waals surface area (Å²) in [5.74, 6) is 0.439. The molecule has 0 unspecified atom stereocenters. The van der Waals surface area contributed by atoms with Gasteiger partial charge in [-0.1, -0.05) is 54.6 Å². The highest BCUT2D eigenvalue weighted by Gasteiger charge is 2.15. The Kier molecular flexibility index (Phi) is 4.37. The van der Waals surface area contributed by atoms with Gasteiger partial charge < -0.3 is 10.2 Å². The lowest BCUT2D eigenvalue weighted by molar-refractivity contribution is 0.475. The van der Waals surface area contributed by atoms with Crippen LogP contribution >= 0.6 is 0 Å². The van der Waals surface area contributed by atoms with Crippen molar-refractivity contribution in [3.05, 3.63) is 97.2 Å². The monoisotopic (exact) mass is 390 g/mol. The summed E-state index contributed by atoms with van der Waals surface area (Å²) in [6, 6.07) is 28.2. The first-order valence-electron chi connectivity index (χ1n) is 9.63. The number of para-hydroxylation sites is 2. The molecule has 4 aromatic carbocycles. The van der Waals surface area contributed by atoms with Crippen molar-refractivity contribution in [1.29, 1.82) is 0 Å². The summed E-state index contributed by atoms with van der Waals surface area (Å²) in [6.45, 7) is 0. The average molecular weight is 390 g/mol. The molecule has 0 aliphatic heterocycles. The van der Waals surface area contributed by atoms with Crippen LogP contribution in [0.3, 0.4) is 0 Å². The molecule has 1 heterocycles. The fourth-order valence-electron chi connectivity index (χ4n) is 3.67. The van der Waals surface area contributed by atoms with Crippen LogP contribution in [-0.4, -0.2) is 20.2 Å². The van der Waals surface area contributed by atoms with Gasteiger partial charge >= 0.3 is 0 Å². The predicted molar refractivity (Wildman–Crippen MR) is 119 cm³/mol. The maximum Gasteiger partial charge on any atom is 0.115 e. The van der Waals surface area contributed by atoms with Crippen molar-refractivity contribution in [3.8, 4) is 45.0 Å². The highest BCUT2D eigenvalue weighted by Crippen LogP contribution is 2.40. The predicted octanol–water partition coefficient (Wildman–Crippen LogP) is 6.04. The molecule has 0 spiro atoms. The highest BCUT2D eigenvalue weighted by atomic mass is 16.3. The standard InChI is InChI=1S/C26H18N2O2/c29-19-12-8-17(9-13-19)21-4-3-5-22(26(21)18-10-14-20(30)15-11-18)25-16-27-23-6-1-2-7-24(23)28-25/h1-16,29-30H. The number of aromatic hydroxyl groups is 2. The third-order valence-electron chi connectivity index (χ3n) is 5.12. The third kappa shape index (κ3) is 3.25. The summed E-state index contributed by atoms with van der Waals surface area (Å²) in [4.78, 5) is 9.43. The Morgan fingerprint density at radius 1 is 0.533 bits per heavy atom. The van der Waals surface area contributed by atoms with Crippen molar-refractivity contribution in [2.75, 3.05) is 0 Å². The molecule has 0 amide bonds. The first-order valence-corrected chi connectivity index (χ1v) is 9.63. The van der Waals surface area contributed by atoms with Gasteiger partial charge in [-0.25, -0.2) is 4.98 Å². The minimum atomic E-state index is 0.216. The van der Waals surface area contributed by atoms with E-state index in [0.717, 1.165) is 44.5 Å². The van der Waals surface area contributed by atoms with Gasteiger partial charge in [-0.05, 0) is 58.7 Å². The highest BCUT2D eigenvalue weighted by molar-refractivity contribution is 5.94. The van der Waals surface area contributed by atoms with E-state index in [1.165, 1.54) is 0 Å². The number of hydrogen-bond acceptors (Lipinski definition) is 4. The second-order valence-electron chi connectivity index (χ2n) is 7.07. The van der Waals surface area contributed by atoms with Gasteiger partial charge in [-0.15, -0.1) is 0 Å². The van der Waals surface area contributed by atoms with Crippen LogP contribution in [0.1, 0.15) is 0 Å². The molecule has 30 heavy (non-hydrogen) atoms. The van der Waals surface area contributed by atoms with Crippen LogP contribution in [0.4, 0.5) is 0 Å². The van der Waals surface area contributed by atoms with Crippen LogP contribution in [0.25, 0.3) is 44.5 Å². The summed E-state index contributed by atoms with van der Waals surface area (Å²) >= 11 is 0. The molecule has 0 saturated carbocycles. The van der Waals surface area contributed by atoms with Crippen molar-refractivity contribution in [2.24, 2.45) is 0 Å². The molecule has 0 saturated heterocycles. The maximum absolute atomic E-state index is 9.78. The Balaban J connectivity index is 1.78. The number of benzene rings is 4. The zero-order chi connectivity index (χ0) is 20.5. The van der Waals surface area contributed by atoms with Crippen molar-refractivity contribution in [3.63, 3.8) is 0 Å². The Hall–Kier alpha value is -4.18. The lowest BCUT2D eigenvalue weighted by Gasteiger charge is -2.16. The van der Waals surface area contributed by atoms with E-state index < -0.39 is 0 Å². The van der Waals surface area contributed by atoms with Crippen molar-refractivity contribution < 1.29 is 10.2 Å². The molecule has 0 radical (unpaired) electrons. The van der Waals surface area contributed by atoms with E-state index in [2.05, 4.69) is 4.98 Å². The Bertz CT molecular complexity index is 1340. The average Bonchev–Trinajstić information content (AvgIpc) is 2.79. The quantitative estimate of drug-likeness (QED) is 0.394. The molecule has 5 rings (SSSR count). The number of aromatic nitrogens is 2. The van der Waals surface area contributed by atoms with E-state index in [1.807, 2.05) is 66.7 Å². The number of phenolic OH excluding ortho intramolecular Hbond substituents is 2. The molecule has 1 aromatic heterocycles. The van der Waals surface area contributed by atoms with Gasteiger partial charge in [0.2, 0.25) is 0 Å². The number of hydrogen-bond donors (Lipinski definition) is 2. The second-order valence-corrected chi connectivity index (χ2v) is 7.07. The summed E-state index contributed by atoms with van der Waals surface area (Å²) in [6.07, 6.45) is 1.79. The first-order chi connectivity index (χ1) is 14.7. The molecule has 0 fully saturated rings. The largest absolute Gasteiger partial charge is 0.508 e. The van der Waals surface area contributed by atoms with Gasteiger partial charge in [0, 0.05) is 5.56 Å². The van der Waals surface area contributed by atoms with E-state index in [9.17, 15) is 10.2 Å². The Morgan fingerprint density at radius 2 is 1.13 bits per heavy atom. The van der Waals surface area contributed by atoms with Gasteiger partial charge in [0.15, 0.2) is 0 Å². The topological polar surface area (TPSA) is 66.2 Å². The summed E-state index contributed by atoms with van der Waals surface area (Å²) in [5, 5.41) is 19.5. The van der Waals surface area contributed by atoms with Gasteiger partial charge in [0.25, 0.3) is 0 Å². The van der Waals surface area contributed by atoms with E-state index >= 15 is 0 Å². The van der Waals surface area contributed by atoms with E-state index in [0.29, 0.717) is 0 Å². The number of nitrogens with zero attached hydrogens (tertiary/aromatic N) is 2. The van der Waals surface area contributed by atoms with E-state index in [-0.39, 0.29) is 11.5 Å². The molecule has 2 N–H and O–H groups in total. The second kappa shape index (κ2) is 7.33. The Labute approximate surface area is 173 Å². The van der Waals surface area contributed by atoms with Crippen LogP contribution in [0.15, 0.2) is 97.2 Å². The molecule has 0 bridgehead atoms. The summed E-state index contributed by atoms with van der Waals surface area (Å²) in [5.41, 5.74) is 7.35. The van der Waals surface area contributed by atoms with Crippen molar-refractivity contribution >= 4 is 11.0 Å².